The maximum Gasteiger partial charge on any atom is 0.251 e. The molecule has 0 aromatic heterocycles. The van der Waals surface area contributed by atoms with Crippen molar-refractivity contribution in [3.05, 3.63) is 58.1 Å². The first-order chi connectivity index (χ1) is 10.2. The lowest BCUT2D eigenvalue weighted by Gasteiger charge is -2.19. The first-order valence-corrected chi connectivity index (χ1v) is 7.59. The molecule has 106 valence electrons. The standard InChI is InChI=1S/C18H18N2O/c1-20-12-14-11-15(7-8-16(14)20)18(9-10-18)19-17(21)13-5-3-2-4-6-13/h3,5-8,11-12H,2,4,9-10H2,1H3/p+1. The minimum Gasteiger partial charge on any atom is -0.343 e. The van der Waals surface area contributed by atoms with Crippen LogP contribution in [0.3, 0.4) is 0 Å². The summed E-state index contributed by atoms with van der Waals surface area (Å²) in [4.78, 5) is 12.4. The number of fused-ring (bicyclic) bond motifs is 1. The van der Waals surface area contributed by atoms with Crippen LogP contribution in [0, 0.1) is 0 Å². The molecule has 21 heavy (non-hydrogen) atoms. The Balaban J connectivity index is 1.59. The predicted octanol–water partition coefficient (Wildman–Crippen LogP) is 0.941. The van der Waals surface area contributed by atoms with Gasteiger partial charge in [0.1, 0.15) is 12.3 Å². The summed E-state index contributed by atoms with van der Waals surface area (Å²) < 4.78 is 2.12. The molecule has 0 spiro atoms. The zero-order valence-electron chi connectivity index (χ0n) is 12.2. The van der Waals surface area contributed by atoms with Crippen molar-refractivity contribution < 1.29 is 4.79 Å². The molecule has 0 saturated heterocycles. The van der Waals surface area contributed by atoms with Gasteiger partial charge < -0.3 is 5.32 Å². The lowest BCUT2D eigenvalue weighted by molar-refractivity contribution is -0.118. The molecule has 1 aliphatic heterocycles. The van der Waals surface area contributed by atoms with Crippen molar-refractivity contribution in [2.75, 3.05) is 7.05 Å². The number of hydrogen-bond donors (Lipinski definition) is 1. The largest absolute Gasteiger partial charge is 0.343 e. The molecule has 0 radical (unpaired) electrons. The van der Waals surface area contributed by atoms with Crippen LogP contribution in [0.5, 0.6) is 0 Å². The molecule has 1 heterocycles. The van der Waals surface area contributed by atoms with Crippen LogP contribution in [0.15, 0.2) is 42.0 Å². The second-order valence-electron chi connectivity index (χ2n) is 6.19. The van der Waals surface area contributed by atoms with Crippen LogP contribution < -0.4 is 20.5 Å². The topological polar surface area (TPSA) is 32.1 Å². The lowest BCUT2D eigenvalue weighted by atomic mass is 10.0. The molecule has 4 rings (SSSR count). The summed E-state index contributed by atoms with van der Waals surface area (Å²) in [5.74, 6) is 0.0623. The van der Waals surface area contributed by atoms with E-state index in [2.05, 4.69) is 47.4 Å². The molecular formula is C18H19N2O+. The Hall–Kier alpha value is -2.16. The van der Waals surface area contributed by atoms with Crippen molar-refractivity contribution in [3.63, 3.8) is 0 Å². The fourth-order valence-electron chi connectivity index (χ4n) is 3.17. The highest BCUT2D eigenvalue weighted by atomic mass is 16.1. The van der Waals surface area contributed by atoms with Gasteiger partial charge in [0.15, 0.2) is 6.20 Å². The number of carbonyl (C=O) groups excluding carboxylic acids is 1. The normalized spacial score (nSPS) is 20.8. The zero-order valence-corrected chi connectivity index (χ0v) is 12.2. The molecule has 3 nitrogen and oxygen atoms in total. The second kappa shape index (κ2) is 4.42. The van der Waals surface area contributed by atoms with Gasteiger partial charge in [-0.15, -0.1) is 0 Å². The maximum absolute atomic E-state index is 12.4. The molecule has 1 aromatic rings. The molecule has 1 saturated carbocycles. The second-order valence-corrected chi connectivity index (χ2v) is 6.19. The highest BCUT2D eigenvalue weighted by Crippen LogP contribution is 2.45. The quantitative estimate of drug-likeness (QED) is 0.821. The number of hydrogen-bond acceptors (Lipinski definition) is 1. The molecule has 1 amide bonds. The number of carbonyl (C=O) groups is 1. The van der Waals surface area contributed by atoms with E-state index < -0.39 is 0 Å². The van der Waals surface area contributed by atoms with E-state index in [-0.39, 0.29) is 11.4 Å². The number of benzene rings is 1. The average molecular weight is 279 g/mol. The van der Waals surface area contributed by atoms with Crippen LogP contribution in [-0.2, 0) is 10.3 Å². The molecule has 1 aromatic carbocycles. The number of nitrogens with zero attached hydrogens (tertiary/aromatic N) is 1. The Morgan fingerprint density at radius 1 is 1.29 bits per heavy atom. The van der Waals surface area contributed by atoms with Gasteiger partial charge in [0, 0.05) is 11.6 Å². The first-order valence-electron chi connectivity index (χ1n) is 7.59. The van der Waals surface area contributed by atoms with Crippen molar-refractivity contribution in [2.45, 2.75) is 31.2 Å². The van der Waals surface area contributed by atoms with Crippen LogP contribution >= 0.6 is 0 Å². The van der Waals surface area contributed by atoms with Crippen LogP contribution in [-0.4, -0.2) is 13.0 Å². The molecule has 1 fully saturated rings. The average Bonchev–Trinajstić information content (AvgIpc) is 3.27. The van der Waals surface area contributed by atoms with Crippen molar-refractivity contribution in [1.82, 2.24) is 9.89 Å². The molecule has 0 atom stereocenters. The number of rotatable bonds is 3. The first kappa shape index (κ1) is 12.6. The minimum absolute atomic E-state index is 0.0623. The summed E-state index contributed by atoms with van der Waals surface area (Å²) in [5, 5.41) is 5.78. The molecule has 2 aliphatic carbocycles. The van der Waals surface area contributed by atoms with E-state index in [0.717, 1.165) is 31.3 Å². The van der Waals surface area contributed by atoms with Gasteiger partial charge in [-0.3, -0.25) is 4.79 Å². The van der Waals surface area contributed by atoms with Crippen molar-refractivity contribution in [2.24, 2.45) is 0 Å². The third-order valence-corrected chi connectivity index (χ3v) is 4.65. The molecular weight excluding hydrogens is 260 g/mol. The van der Waals surface area contributed by atoms with Gasteiger partial charge in [-0.25, -0.2) is 0 Å². The van der Waals surface area contributed by atoms with Crippen molar-refractivity contribution in [3.8, 4) is 0 Å². The van der Waals surface area contributed by atoms with Gasteiger partial charge in [-0.05, 0) is 37.3 Å². The maximum atomic E-state index is 12.4. The predicted molar refractivity (Wildman–Crippen MR) is 82.8 cm³/mol. The van der Waals surface area contributed by atoms with E-state index in [4.69, 9.17) is 0 Å². The summed E-state index contributed by atoms with van der Waals surface area (Å²) in [6.45, 7) is 0. The molecule has 1 N–H and O–H groups in total. The van der Waals surface area contributed by atoms with Gasteiger partial charge in [0.05, 0.1) is 5.54 Å². The van der Waals surface area contributed by atoms with Crippen LogP contribution in [0.25, 0.3) is 6.20 Å². The molecule has 3 heteroatoms. The Kier molecular flexibility index (Phi) is 2.64. The fourth-order valence-corrected chi connectivity index (χ4v) is 3.17. The molecule has 0 bridgehead atoms. The van der Waals surface area contributed by atoms with Crippen LogP contribution in [0.1, 0.15) is 31.2 Å². The Labute approximate surface area is 124 Å². The summed E-state index contributed by atoms with van der Waals surface area (Å²) in [6.07, 6.45) is 12.2. The zero-order chi connectivity index (χ0) is 14.4. The fraction of sp³-hybridized carbons (Fsp3) is 0.333. The van der Waals surface area contributed by atoms with Crippen molar-refractivity contribution >= 4 is 12.1 Å². The number of allylic oxidation sites excluding steroid dienone is 2. The van der Waals surface area contributed by atoms with E-state index in [9.17, 15) is 4.79 Å². The summed E-state index contributed by atoms with van der Waals surface area (Å²) in [5.41, 5.74) is 1.90. The van der Waals surface area contributed by atoms with Gasteiger partial charge in [-0.1, -0.05) is 24.3 Å². The third-order valence-electron chi connectivity index (χ3n) is 4.65. The minimum atomic E-state index is -0.139. The number of nitrogens with one attached hydrogen (secondary N) is 1. The van der Waals surface area contributed by atoms with Crippen LogP contribution in [0.2, 0.25) is 0 Å². The smallest absolute Gasteiger partial charge is 0.251 e. The van der Waals surface area contributed by atoms with E-state index >= 15 is 0 Å². The van der Waals surface area contributed by atoms with Crippen LogP contribution in [0.4, 0.5) is 0 Å². The van der Waals surface area contributed by atoms with Gasteiger partial charge in [0.2, 0.25) is 5.36 Å². The SMILES string of the molecule is C[N+]1=c2ccc(C3(NC(=O)C4=CCCC=C4)CC3)cc2=C1. The van der Waals surface area contributed by atoms with Gasteiger partial charge >= 0.3 is 0 Å². The van der Waals surface area contributed by atoms with Crippen molar-refractivity contribution in [1.29, 1.82) is 0 Å². The highest BCUT2D eigenvalue weighted by molar-refractivity contribution is 5.97. The summed E-state index contributed by atoms with van der Waals surface area (Å²) >= 11 is 0. The highest BCUT2D eigenvalue weighted by Gasteiger charge is 2.46. The molecule has 3 aliphatic rings. The van der Waals surface area contributed by atoms with E-state index in [1.54, 1.807) is 0 Å². The monoisotopic (exact) mass is 279 g/mol. The summed E-state index contributed by atoms with van der Waals surface area (Å²) in [7, 11) is 2.05. The summed E-state index contributed by atoms with van der Waals surface area (Å²) in [6, 6.07) is 6.52. The van der Waals surface area contributed by atoms with E-state index in [1.165, 1.54) is 16.1 Å². The van der Waals surface area contributed by atoms with E-state index in [0.29, 0.717) is 0 Å². The van der Waals surface area contributed by atoms with Gasteiger partial charge in [-0.2, -0.15) is 4.58 Å². The third kappa shape index (κ3) is 2.04. The number of amides is 1. The van der Waals surface area contributed by atoms with Gasteiger partial charge in [0.25, 0.3) is 5.91 Å². The Bertz CT molecular complexity index is 810. The lowest BCUT2D eigenvalue weighted by Crippen LogP contribution is -2.46. The Morgan fingerprint density at radius 3 is 2.76 bits per heavy atom. The van der Waals surface area contributed by atoms with E-state index in [1.807, 2.05) is 12.2 Å². The Morgan fingerprint density at radius 2 is 2.14 bits per heavy atom. The molecule has 0 unspecified atom stereocenters.